The monoisotopic (exact) mass is 285 g/mol. The Bertz CT molecular complexity index is 534. The van der Waals surface area contributed by atoms with Crippen molar-refractivity contribution in [1.29, 1.82) is 0 Å². The van der Waals surface area contributed by atoms with Crippen LogP contribution in [0.1, 0.15) is 24.5 Å². The number of rotatable bonds is 6. The number of β-amino-alcohol motifs (C(OH)–C–C–N with tert-alkyl or cyclic N) is 1. The van der Waals surface area contributed by atoms with Crippen molar-refractivity contribution in [3.63, 3.8) is 0 Å². The Labute approximate surface area is 113 Å². The van der Waals surface area contributed by atoms with Crippen LogP contribution in [0, 0.1) is 0 Å². The molecule has 106 valence electrons. The molecule has 3 N–H and O–H groups in total. The number of hydrogen-bond acceptors (Lipinski definition) is 5. The first-order chi connectivity index (χ1) is 8.86. The number of aliphatic hydroxyl groups is 2. The quantitative estimate of drug-likeness (QED) is 0.697. The molecule has 1 aliphatic carbocycles. The van der Waals surface area contributed by atoms with Gasteiger partial charge in [0.25, 0.3) is 0 Å². The van der Waals surface area contributed by atoms with E-state index in [1.807, 2.05) is 0 Å². The molecule has 6 heteroatoms. The maximum absolute atomic E-state index is 11.3. The smallest absolute Gasteiger partial charge is 0.175 e. The molecule has 0 radical (unpaired) electrons. The van der Waals surface area contributed by atoms with Crippen LogP contribution in [0.25, 0.3) is 0 Å². The summed E-state index contributed by atoms with van der Waals surface area (Å²) in [5.41, 5.74) is 0.446. The Balaban J connectivity index is 1.98. The van der Waals surface area contributed by atoms with Crippen LogP contribution in [-0.4, -0.2) is 43.6 Å². The van der Waals surface area contributed by atoms with Crippen LogP contribution in [0.3, 0.4) is 0 Å². The van der Waals surface area contributed by atoms with Gasteiger partial charge in [-0.05, 0) is 30.5 Å². The highest BCUT2D eigenvalue weighted by Gasteiger charge is 2.41. The van der Waals surface area contributed by atoms with Gasteiger partial charge in [-0.25, -0.2) is 8.42 Å². The van der Waals surface area contributed by atoms with Crippen LogP contribution < -0.4 is 5.32 Å². The molecule has 5 nitrogen and oxygen atoms in total. The van der Waals surface area contributed by atoms with Crippen molar-refractivity contribution in [1.82, 2.24) is 5.32 Å². The highest BCUT2D eigenvalue weighted by molar-refractivity contribution is 7.90. The third-order valence-electron chi connectivity index (χ3n) is 3.52. The van der Waals surface area contributed by atoms with Crippen molar-refractivity contribution in [2.75, 3.05) is 19.4 Å². The topological polar surface area (TPSA) is 86.6 Å². The minimum Gasteiger partial charge on any atom is -0.394 e. The summed E-state index contributed by atoms with van der Waals surface area (Å²) in [7, 11) is -3.21. The molecule has 1 fully saturated rings. The predicted molar refractivity (Wildman–Crippen MR) is 71.6 cm³/mol. The van der Waals surface area contributed by atoms with E-state index in [9.17, 15) is 13.5 Å². The maximum atomic E-state index is 11.3. The fraction of sp³-hybridized carbons (Fsp3) is 0.538. The van der Waals surface area contributed by atoms with E-state index in [1.54, 1.807) is 12.1 Å². The molecule has 0 amide bonds. The molecule has 0 heterocycles. The van der Waals surface area contributed by atoms with E-state index in [1.165, 1.54) is 12.1 Å². The van der Waals surface area contributed by atoms with Crippen molar-refractivity contribution in [3.8, 4) is 0 Å². The van der Waals surface area contributed by atoms with E-state index in [0.29, 0.717) is 12.1 Å². The SMILES string of the molecule is CS(=O)(=O)c1ccc(C(O)CNC2(CO)CC2)cc1. The molecule has 0 spiro atoms. The summed E-state index contributed by atoms with van der Waals surface area (Å²) in [6.45, 7) is 0.422. The average Bonchev–Trinajstić information content (AvgIpc) is 3.16. The summed E-state index contributed by atoms with van der Waals surface area (Å²) in [5.74, 6) is 0. The van der Waals surface area contributed by atoms with E-state index in [4.69, 9.17) is 5.11 Å². The minimum absolute atomic E-state index is 0.0761. The molecule has 0 aliphatic heterocycles. The second-order valence-electron chi connectivity index (χ2n) is 5.18. The molecular weight excluding hydrogens is 266 g/mol. The van der Waals surface area contributed by atoms with Crippen LogP contribution in [0.5, 0.6) is 0 Å². The number of hydrogen-bond donors (Lipinski definition) is 3. The molecule has 1 aromatic carbocycles. The molecule has 1 unspecified atom stereocenters. The molecule has 1 atom stereocenters. The maximum Gasteiger partial charge on any atom is 0.175 e. The largest absolute Gasteiger partial charge is 0.394 e. The van der Waals surface area contributed by atoms with Gasteiger partial charge in [0.2, 0.25) is 0 Å². The van der Waals surface area contributed by atoms with Crippen LogP contribution in [0.4, 0.5) is 0 Å². The zero-order valence-electron chi connectivity index (χ0n) is 10.8. The Hall–Kier alpha value is -0.950. The Morgan fingerprint density at radius 3 is 2.32 bits per heavy atom. The molecular formula is C13H19NO4S. The van der Waals surface area contributed by atoms with Gasteiger partial charge in [-0.15, -0.1) is 0 Å². The highest BCUT2D eigenvalue weighted by atomic mass is 32.2. The fourth-order valence-corrected chi connectivity index (χ4v) is 2.54. The van der Waals surface area contributed by atoms with E-state index < -0.39 is 15.9 Å². The molecule has 0 aromatic heterocycles. The third kappa shape index (κ3) is 3.54. The van der Waals surface area contributed by atoms with Crippen molar-refractivity contribution in [2.24, 2.45) is 0 Å². The summed E-state index contributed by atoms with van der Waals surface area (Å²) in [5, 5.41) is 22.3. The van der Waals surface area contributed by atoms with E-state index in [2.05, 4.69) is 5.32 Å². The van der Waals surface area contributed by atoms with Gasteiger partial charge in [-0.2, -0.15) is 0 Å². The average molecular weight is 285 g/mol. The summed E-state index contributed by atoms with van der Waals surface area (Å²) in [4.78, 5) is 0.241. The second-order valence-corrected chi connectivity index (χ2v) is 7.19. The number of sulfone groups is 1. The van der Waals surface area contributed by atoms with Crippen molar-refractivity contribution in [2.45, 2.75) is 29.4 Å². The molecule has 0 saturated heterocycles. The molecule has 19 heavy (non-hydrogen) atoms. The van der Waals surface area contributed by atoms with Crippen molar-refractivity contribution < 1.29 is 18.6 Å². The molecule has 1 aromatic rings. The van der Waals surface area contributed by atoms with Gasteiger partial charge in [0.1, 0.15) is 0 Å². The third-order valence-corrected chi connectivity index (χ3v) is 4.65. The van der Waals surface area contributed by atoms with Crippen LogP contribution in [0.2, 0.25) is 0 Å². The fourth-order valence-electron chi connectivity index (χ4n) is 1.91. The van der Waals surface area contributed by atoms with Crippen molar-refractivity contribution in [3.05, 3.63) is 29.8 Å². The van der Waals surface area contributed by atoms with E-state index in [0.717, 1.165) is 19.1 Å². The summed E-state index contributed by atoms with van der Waals surface area (Å²) < 4.78 is 22.6. The lowest BCUT2D eigenvalue weighted by Gasteiger charge is -2.18. The number of nitrogens with one attached hydrogen (secondary N) is 1. The van der Waals surface area contributed by atoms with Gasteiger partial charge in [0.15, 0.2) is 9.84 Å². The van der Waals surface area contributed by atoms with Gasteiger partial charge in [0.05, 0.1) is 17.6 Å². The lowest BCUT2D eigenvalue weighted by molar-refractivity contribution is 0.154. The van der Waals surface area contributed by atoms with Gasteiger partial charge in [-0.1, -0.05) is 12.1 Å². The zero-order valence-corrected chi connectivity index (χ0v) is 11.7. The van der Waals surface area contributed by atoms with E-state index >= 15 is 0 Å². The van der Waals surface area contributed by atoms with Gasteiger partial charge < -0.3 is 15.5 Å². The molecule has 2 rings (SSSR count). The van der Waals surface area contributed by atoms with Gasteiger partial charge in [-0.3, -0.25) is 0 Å². The lowest BCUT2D eigenvalue weighted by atomic mass is 10.1. The van der Waals surface area contributed by atoms with E-state index in [-0.39, 0.29) is 17.0 Å². The van der Waals surface area contributed by atoms with Crippen molar-refractivity contribution >= 4 is 9.84 Å². The summed E-state index contributed by atoms with van der Waals surface area (Å²) in [6, 6.07) is 6.21. The summed E-state index contributed by atoms with van der Waals surface area (Å²) in [6.07, 6.45) is 2.28. The predicted octanol–water partition coefficient (Wildman–Crippen LogP) is 0.238. The van der Waals surface area contributed by atoms with Gasteiger partial charge >= 0.3 is 0 Å². The first kappa shape index (κ1) is 14.5. The Kier molecular flexibility index (Phi) is 3.96. The number of aliphatic hydroxyl groups excluding tert-OH is 2. The first-order valence-corrected chi connectivity index (χ1v) is 8.09. The Morgan fingerprint density at radius 2 is 1.89 bits per heavy atom. The molecule has 0 bridgehead atoms. The Morgan fingerprint density at radius 1 is 1.32 bits per heavy atom. The highest BCUT2D eigenvalue weighted by Crippen LogP contribution is 2.34. The standard InChI is InChI=1S/C13H19NO4S/c1-19(17,18)11-4-2-10(3-5-11)12(16)8-14-13(9-15)6-7-13/h2-5,12,14-16H,6-9H2,1H3. The normalized spacial score (nSPS) is 19.1. The van der Waals surface area contributed by atoms with Gasteiger partial charge in [0, 0.05) is 18.3 Å². The lowest BCUT2D eigenvalue weighted by Crippen LogP contribution is -2.37. The van der Waals surface area contributed by atoms with Crippen LogP contribution in [-0.2, 0) is 9.84 Å². The second kappa shape index (κ2) is 5.20. The first-order valence-electron chi connectivity index (χ1n) is 6.20. The molecule has 1 aliphatic rings. The minimum atomic E-state index is -3.21. The van der Waals surface area contributed by atoms with Crippen LogP contribution >= 0.6 is 0 Å². The molecule has 1 saturated carbocycles. The summed E-state index contributed by atoms with van der Waals surface area (Å²) >= 11 is 0. The number of benzene rings is 1. The van der Waals surface area contributed by atoms with Crippen LogP contribution in [0.15, 0.2) is 29.2 Å². The zero-order chi connectivity index (χ0) is 14.1.